The Balaban J connectivity index is 1.80. The van der Waals surface area contributed by atoms with Gasteiger partial charge in [-0.25, -0.2) is 0 Å². The zero-order chi connectivity index (χ0) is 15.6. The summed E-state index contributed by atoms with van der Waals surface area (Å²) in [5.74, 6) is 0.892. The van der Waals surface area contributed by atoms with Crippen molar-refractivity contribution >= 4 is 5.91 Å². The van der Waals surface area contributed by atoms with Gasteiger partial charge in [0.25, 0.3) is 5.91 Å². The highest BCUT2D eigenvalue weighted by Crippen LogP contribution is 2.37. The van der Waals surface area contributed by atoms with Crippen molar-refractivity contribution in [2.75, 3.05) is 0 Å². The number of hydrogen-bond donors (Lipinski definition) is 2. The molecule has 0 radical (unpaired) electrons. The predicted octanol–water partition coefficient (Wildman–Crippen LogP) is 2.25. The molecule has 118 valence electrons. The number of nitrogens with zero attached hydrogens (tertiary/aromatic N) is 3. The molecule has 22 heavy (non-hydrogen) atoms. The molecule has 0 spiro atoms. The maximum Gasteiger partial charge on any atom is 0.272 e. The van der Waals surface area contributed by atoms with Gasteiger partial charge in [-0.15, -0.1) is 0 Å². The Labute approximate surface area is 128 Å². The van der Waals surface area contributed by atoms with E-state index in [9.17, 15) is 4.79 Å². The van der Waals surface area contributed by atoms with Gasteiger partial charge in [-0.1, -0.05) is 31.3 Å². The normalized spacial score (nSPS) is 16.8. The van der Waals surface area contributed by atoms with Gasteiger partial charge < -0.3 is 9.84 Å². The number of carbonyl (C=O) groups is 1. The lowest BCUT2D eigenvalue weighted by Gasteiger charge is -2.26. The Hall–Kier alpha value is -2.18. The van der Waals surface area contributed by atoms with E-state index in [2.05, 4.69) is 32.6 Å². The van der Waals surface area contributed by atoms with E-state index in [0.717, 1.165) is 44.2 Å². The van der Waals surface area contributed by atoms with Gasteiger partial charge in [-0.05, 0) is 25.3 Å². The minimum atomic E-state index is -0.529. The van der Waals surface area contributed by atoms with E-state index in [-0.39, 0.29) is 5.91 Å². The molecule has 1 saturated carbocycles. The lowest BCUT2D eigenvalue weighted by molar-refractivity contribution is 0.0886. The highest BCUT2D eigenvalue weighted by molar-refractivity contribution is 5.92. The first-order chi connectivity index (χ1) is 10.6. The molecule has 3 rings (SSSR count). The Bertz CT molecular complexity index is 654. The number of nitrogens with one attached hydrogen (secondary N) is 2. The molecule has 7 heteroatoms. The molecule has 1 fully saturated rings. The topological polar surface area (TPSA) is 96.7 Å². The van der Waals surface area contributed by atoms with Crippen molar-refractivity contribution in [3.8, 4) is 0 Å². The molecule has 2 aromatic rings. The quantitative estimate of drug-likeness (QED) is 0.883. The average Bonchev–Trinajstić information content (AvgIpc) is 3.20. The van der Waals surface area contributed by atoms with E-state index in [0.29, 0.717) is 17.4 Å². The summed E-state index contributed by atoms with van der Waals surface area (Å²) >= 11 is 0. The number of carbonyl (C=O) groups excluding carboxylic acids is 1. The van der Waals surface area contributed by atoms with Crippen LogP contribution in [-0.4, -0.2) is 26.2 Å². The molecule has 0 unspecified atom stereocenters. The minimum absolute atomic E-state index is 0.192. The fraction of sp³-hybridized carbons (Fsp3) is 0.600. The molecule has 2 heterocycles. The summed E-state index contributed by atoms with van der Waals surface area (Å²) in [6.07, 6.45) is 5.61. The van der Waals surface area contributed by atoms with Crippen molar-refractivity contribution in [3.63, 3.8) is 0 Å². The van der Waals surface area contributed by atoms with Gasteiger partial charge in [0, 0.05) is 12.6 Å². The van der Waals surface area contributed by atoms with Crippen LogP contribution in [0.15, 0.2) is 10.6 Å². The molecule has 0 aliphatic heterocycles. The van der Waals surface area contributed by atoms with Crippen molar-refractivity contribution in [2.24, 2.45) is 0 Å². The first-order valence-corrected chi connectivity index (χ1v) is 7.80. The third-order valence-electron chi connectivity index (χ3n) is 4.15. The Morgan fingerprint density at radius 3 is 2.86 bits per heavy atom. The van der Waals surface area contributed by atoms with Crippen LogP contribution >= 0.6 is 0 Å². The van der Waals surface area contributed by atoms with Gasteiger partial charge >= 0.3 is 0 Å². The van der Waals surface area contributed by atoms with Gasteiger partial charge in [-0.3, -0.25) is 9.89 Å². The Morgan fingerprint density at radius 1 is 1.45 bits per heavy atom. The second kappa shape index (κ2) is 5.90. The number of amides is 1. The molecule has 1 aliphatic rings. The second-order valence-electron chi connectivity index (χ2n) is 5.91. The van der Waals surface area contributed by atoms with E-state index in [1.807, 2.05) is 6.07 Å². The zero-order valence-corrected chi connectivity index (χ0v) is 13.0. The van der Waals surface area contributed by atoms with E-state index < -0.39 is 5.54 Å². The van der Waals surface area contributed by atoms with Gasteiger partial charge in [0.15, 0.2) is 5.82 Å². The number of rotatable bonds is 5. The standard InChI is InChI=1S/C15H21N5O2/c1-3-6-11-9-12(19-18-11)13(21)17-15(7-4-5-8-15)14-16-10(2)22-20-14/h9H,3-8H2,1-2H3,(H,17,21)(H,18,19). The lowest BCUT2D eigenvalue weighted by atomic mass is 9.96. The monoisotopic (exact) mass is 303 g/mol. The van der Waals surface area contributed by atoms with Crippen LogP contribution in [0, 0.1) is 6.92 Å². The van der Waals surface area contributed by atoms with Crippen LogP contribution in [0.2, 0.25) is 0 Å². The van der Waals surface area contributed by atoms with Crippen molar-refractivity contribution in [3.05, 3.63) is 29.2 Å². The summed E-state index contributed by atoms with van der Waals surface area (Å²) in [6, 6.07) is 1.81. The van der Waals surface area contributed by atoms with Crippen molar-refractivity contribution in [2.45, 2.75) is 57.9 Å². The Kier molecular flexibility index (Phi) is 3.96. The van der Waals surface area contributed by atoms with Gasteiger partial charge in [-0.2, -0.15) is 10.1 Å². The first kappa shape index (κ1) is 14.7. The molecule has 1 amide bonds. The van der Waals surface area contributed by atoms with Crippen LogP contribution < -0.4 is 5.32 Å². The molecule has 1 aliphatic carbocycles. The molecule has 0 aromatic carbocycles. The summed E-state index contributed by atoms with van der Waals surface area (Å²) in [6.45, 7) is 3.85. The third kappa shape index (κ3) is 2.75. The third-order valence-corrected chi connectivity index (χ3v) is 4.15. The minimum Gasteiger partial charge on any atom is -0.340 e. The number of hydrogen-bond acceptors (Lipinski definition) is 5. The SMILES string of the molecule is CCCc1cc(C(=O)NC2(c3noc(C)n3)CCCC2)n[nH]1. The zero-order valence-electron chi connectivity index (χ0n) is 13.0. The predicted molar refractivity (Wildman–Crippen MR) is 79.2 cm³/mol. The van der Waals surface area contributed by atoms with Crippen LogP contribution in [0.5, 0.6) is 0 Å². The molecule has 0 saturated heterocycles. The molecule has 0 bridgehead atoms. The highest BCUT2D eigenvalue weighted by Gasteiger charge is 2.41. The number of aryl methyl sites for hydroxylation is 2. The fourth-order valence-electron chi connectivity index (χ4n) is 3.03. The summed E-state index contributed by atoms with van der Waals surface area (Å²) in [7, 11) is 0. The van der Waals surface area contributed by atoms with Crippen molar-refractivity contribution in [1.82, 2.24) is 25.7 Å². The molecule has 2 N–H and O–H groups in total. The fourth-order valence-corrected chi connectivity index (χ4v) is 3.03. The summed E-state index contributed by atoms with van der Waals surface area (Å²) in [5.41, 5.74) is 0.858. The van der Waals surface area contributed by atoms with E-state index in [1.54, 1.807) is 6.92 Å². The highest BCUT2D eigenvalue weighted by atomic mass is 16.5. The lowest BCUT2D eigenvalue weighted by Crippen LogP contribution is -2.44. The molecular weight excluding hydrogens is 282 g/mol. The molecule has 0 atom stereocenters. The number of aromatic amines is 1. The van der Waals surface area contributed by atoms with Gasteiger partial charge in [0.05, 0.1) is 0 Å². The summed E-state index contributed by atoms with van der Waals surface area (Å²) in [5, 5.41) is 14.1. The van der Waals surface area contributed by atoms with Gasteiger partial charge in [0.2, 0.25) is 5.89 Å². The summed E-state index contributed by atoms with van der Waals surface area (Å²) < 4.78 is 5.09. The van der Waals surface area contributed by atoms with Crippen molar-refractivity contribution < 1.29 is 9.32 Å². The maximum absolute atomic E-state index is 12.5. The smallest absolute Gasteiger partial charge is 0.272 e. The average molecular weight is 303 g/mol. The molecular formula is C15H21N5O2. The van der Waals surface area contributed by atoms with E-state index >= 15 is 0 Å². The first-order valence-electron chi connectivity index (χ1n) is 7.80. The van der Waals surface area contributed by atoms with Gasteiger partial charge in [0.1, 0.15) is 11.2 Å². The largest absolute Gasteiger partial charge is 0.340 e. The van der Waals surface area contributed by atoms with Crippen molar-refractivity contribution in [1.29, 1.82) is 0 Å². The van der Waals surface area contributed by atoms with Crippen LogP contribution in [0.3, 0.4) is 0 Å². The number of aromatic nitrogens is 4. The summed E-state index contributed by atoms with van der Waals surface area (Å²) in [4.78, 5) is 16.8. The maximum atomic E-state index is 12.5. The van der Waals surface area contributed by atoms with Crippen LogP contribution in [0.1, 0.15) is 66.9 Å². The van der Waals surface area contributed by atoms with Crippen LogP contribution in [-0.2, 0) is 12.0 Å². The Morgan fingerprint density at radius 2 is 2.23 bits per heavy atom. The molecule has 2 aromatic heterocycles. The second-order valence-corrected chi connectivity index (χ2v) is 5.91. The van der Waals surface area contributed by atoms with E-state index in [4.69, 9.17) is 4.52 Å². The van der Waals surface area contributed by atoms with E-state index in [1.165, 1.54) is 0 Å². The number of H-pyrrole nitrogens is 1. The van der Waals surface area contributed by atoms with Crippen LogP contribution in [0.4, 0.5) is 0 Å². The molecule has 7 nitrogen and oxygen atoms in total. The van der Waals surface area contributed by atoms with Crippen LogP contribution in [0.25, 0.3) is 0 Å².